The number of hydrogen-bond acceptors (Lipinski definition) is 7. The molecule has 4 rings (SSSR count). The second-order valence-electron chi connectivity index (χ2n) is 9.38. The summed E-state index contributed by atoms with van der Waals surface area (Å²) in [4.78, 5) is 38.5. The van der Waals surface area contributed by atoms with Crippen molar-refractivity contribution in [3.8, 4) is 16.9 Å². The van der Waals surface area contributed by atoms with Crippen LogP contribution in [0.25, 0.3) is 11.1 Å². The summed E-state index contributed by atoms with van der Waals surface area (Å²) < 4.78 is 17.4. The van der Waals surface area contributed by atoms with Crippen molar-refractivity contribution >= 4 is 17.7 Å². The number of nitrogens with zero attached hydrogens (tertiary/aromatic N) is 3. The number of rotatable bonds is 14. The molecule has 2 aromatic carbocycles. The Morgan fingerprint density at radius 2 is 1.80 bits per heavy atom. The minimum Gasteiger partial charge on any atom is -0.461 e. The lowest BCUT2D eigenvalue weighted by atomic mass is 10.1. The second-order valence-corrected chi connectivity index (χ2v) is 9.38. The monoisotopic (exact) mass is 559 g/mol. The number of para-hydroxylation sites is 2. The van der Waals surface area contributed by atoms with Crippen LogP contribution in [-0.4, -0.2) is 52.4 Å². The fourth-order valence-corrected chi connectivity index (χ4v) is 4.37. The standard InChI is InChI=1S/C30H34FN7O3/c31-21-41-27-9-2-1-8-26(27)35-30(40)37-29-34-19-25(28(39)36-29)24-12-10-23(11-13-24)20-38(17-5-14-32)16-4-7-22-6-3-15-33-18-22/h1-3,6,8-13,15,18-19H,4-5,7,14,16-17,20-21,32H2,(H3,34,35,36,37,39,40). The molecule has 11 heteroatoms. The maximum absolute atomic E-state index is 12.7. The van der Waals surface area contributed by atoms with Crippen LogP contribution in [0.1, 0.15) is 24.0 Å². The van der Waals surface area contributed by atoms with E-state index in [1.165, 1.54) is 17.8 Å². The van der Waals surface area contributed by atoms with Crippen LogP contribution in [0.2, 0.25) is 0 Å². The number of benzene rings is 2. The lowest BCUT2D eigenvalue weighted by Crippen LogP contribution is -2.27. The van der Waals surface area contributed by atoms with E-state index in [2.05, 4.69) is 36.6 Å². The lowest BCUT2D eigenvalue weighted by Gasteiger charge is -2.22. The Morgan fingerprint density at radius 1 is 1.00 bits per heavy atom. The van der Waals surface area contributed by atoms with Crippen LogP contribution in [0, 0.1) is 0 Å². The fourth-order valence-electron chi connectivity index (χ4n) is 4.37. The number of H-pyrrole nitrogens is 1. The van der Waals surface area contributed by atoms with Gasteiger partial charge in [-0.1, -0.05) is 42.5 Å². The Kier molecular flexibility index (Phi) is 10.9. The highest BCUT2D eigenvalue weighted by atomic mass is 19.1. The average molecular weight is 560 g/mol. The van der Waals surface area contributed by atoms with Gasteiger partial charge in [0, 0.05) is 25.1 Å². The number of carbonyl (C=O) groups is 1. The van der Waals surface area contributed by atoms with Gasteiger partial charge in [-0.25, -0.2) is 9.18 Å². The summed E-state index contributed by atoms with van der Waals surface area (Å²) in [5.41, 5.74) is 8.98. The van der Waals surface area contributed by atoms with Crippen molar-refractivity contribution in [2.45, 2.75) is 25.8 Å². The quantitative estimate of drug-likeness (QED) is 0.178. The topological polar surface area (TPSA) is 138 Å². The predicted octanol–water partition coefficient (Wildman–Crippen LogP) is 4.57. The molecule has 214 valence electrons. The van der Waals surface area contributed by atoms with Crippen LogP contribution in [0.5, 0.6) is 5.75 Å². The summed E-state index contributed by atoms with van der Waals surface area (Å²) in [6, 6.07) is 17.6. The Hall–Kier alpha value is -4.61. The highest BCUT2D eigenvalue weighted by Gasteiger charge is 2.12. The molecule has 5 N–H and O–H groups in total. The number of hydrogen-bond donors (Lipinski definition) is 4. The number of aryl methyl sites for hydroxylation is 1. The Morgan fingerprint density at radius 3 is 2.54 bits per heavy atom. The van der Waals surface area contributed by atoms with Crippen LogP contribution in [0.4, 0.5) is 20.8 Å². The SMILES string of the molecule is NCCCN(CCCc1cccnc1)Cc1ccc(-c2c[nH]c(NC(=O)Nc3ccccc3OCF)nc2=O)cc1. The smallest absolute Gasteiger partial charge is 0.326 e. The highest BCUT2D eigenvalue weighted by Crippen LogP contribution is 2.24. The summed E-state index contributed by atoms with van der Waals surface area (Å²) in [6.45, 7) is 2.24. The van der Waals surface area contributed by atoms with Crippen molar-refractivity contribution in [2.24, 2.45) is 5.73 Å². The molecule has 0 bridgehead atoms. The number of halogens is 1. The van der Waals surface area contributed by atoms with Gasteiger partial charge >= 0.3 is 6.03 Å². The molecule has 0 atom stereocenters. The number of anilines is 2. The van der Waals surface area contributed by atoms with Crippen LogP contribution in [0.3, 0.4) is 0 Å². The zero-order valence-corrected chi connectivity index (χ0v) is 22.7. The number of aromatic amines is 1. The maximum atomic E-state index is 12.7. The van der Waals surface area contributed by atoms with Gasteiger partial charge in [-0.2, -0.15) is 4.98 Å². The minimum absolute atomic E-state index is 0.0291. The molecular formula is C30H34FN7O3. The van der Waals surface area contributed by atoms with Gasteiger partial charge in [0.2, 0.25) is 12.8 Å². The van der Waals surface area contributed by atoms with Gasteiger partial charge in [0.1, 0.15) is 5.75 Å². The summed E-state index contributed by atoms with van der Waals surface area (Å²) in [7, 11) is 0. The molecule has 0 radical (unpaired) electrons. The van der Waals surface area contributed by atoms with Crippen LogP contribution in [0.15, 0.2) is 84.0 Å². The molecule has 10 nitrogen and oxygen atoms in total. The van der Waals surface area contributed by atoms with Crippen LogP contribution >= 0.6 is 0 Å². The van der Waals surface area contributed by atoms with E-state index in [-0.39, 0.29) is 17.4 Å². The summed E-state index contributed by atoms with van der Waals surface area (Å²) >= 11 is 0. The van der Waals surface area contributed by atoms with Gasteiger partial charge in [0.05, 0.1) is 11.3 Å². The van der Waals surface area contributed by atoms with E-state index < -0.39 is 18.5 Å². The van der Waals surface area contributed by atoms with Gasteiger partial charge in [0.15, 0.2) is 0 Å². The number of alkyl halides is 1. The zero-order chi connectivity index (χ0) is 28.9. The number of nitrogens with two attached hydrogens (primary N) is 1. The van der Waals surface area contributed by atoms with Crippen molar-refractivity contribution in [2.75, 3.05) is 37.1 Å². The first-order chi connectivity index (χ1) is 20.1. The first-order valence-corrected chi connectivity index (χ1v) is 13.4. The number of aromatic nitrogens is 3. The van der Waals surface area contributed by atoms with E-state index in [0.29, 0.717) is 17.7 Å². The first-order valence-electron chi connectivity index (χ1n) is 13.4. The molecular weight excluding hydrogens is 525 g/mol. The number of pyridine rings is 1. The molecule has 0 aliphatic carbocycles. The number of nitrogens with one attached hydrogen (secondary N) is 3. The molecule has 0 spiro atoms. The molecule has 0 unspecified atom stereocenters. The molecule has 0 aliphatic rings. The predicted molar refractivity (Wildman–Crippen MR) is 157 cm³/mol. The molecule has 2 aromatic heterocycles. The van der Waals surface area contributed by atoms with Crippen molar-refractivity contribution in [3.05, 3.63) is 101 Å². The molecule has 0 saturated heterocycles. The summed E-state index contributed by atoms with van der Waals surface area (Å²) in [6.07, 6.45) is 8.10. The molecule has 41 heavy (non-hydrogen) atoms. The third-order valence-electron chi connectivity index (χ3n) is 6.39. The van der Waals surface area contributed by atoms with Crippen molar-refractivity contribution in [1.29, 1.82) is 0 Å². The zero-order valence-electron chi connectivity index (χ0n) is 22.7. The maximum Gasteiger partial charge on any atom is 0.326 e. The van der Waals surface area contributed by atoms with Crippen LogP contribution < -0.4 is 26.7 Å². The summed E-state index contributed by atoms with van der Waals surface area (Å²) in [5.74, 6) is 0.149. The fraction of sp³-hybridized carbons (Fsp3) is 0.267. The lowest BCUT2D eigenvalue weighted by molar-refractivity contribution is 0.192. The second kappa shape index (κ2) is 15.2. The van der Waals surface area contributed by atoms with E-state index >= 15 is 0 Å². The number of carbonyl (C=O) groups excluding carboxylic acids is 1. The first kappa shape index (κ1) is 29.4. The van der Waals surface area contributed by atoms with E-state index in [9.17, 15) is 14.0 Å². The number of amides is 2. The van der Waals surface area contributed by atoms with Crippen LogP contribution in [-0.2, 0) is 13.0 Å². The molecule has 0 fully saturated rings. The van der Waals surface area contributed by atoms with Gasteiger partial charge < -0.3 is 20.8 Å². The van der Waals surface area contributed by atoms with Gasteiger partial charge in [-0.3, -0.25) is 20.0 Å². The number of urea groups is 1. The molecule has 2 amide bonds. The van der Waals surface area contributed by atoms with Gasteiger partial charge in [-0.05, 0) is 73.8 Å². The van der Waals surface area contributed by atoms with Gasteiger partial charge in [0.25, 0.3) is 5.56 Å². The molecule has 4 aromatic rings. The highest BCUT2D eigenvalue weighted by molar-refractivity contribution is 5.99. The van der Waals surface area contributed by atoms with E-state index in [1.807, 2.05) is 36.5 Å². The minimum atomic E-state index is -1.03. The van der Waals surface area contributed by atoms with Gasteiger partial charge in [-0.15, -0.1) is 0 Å². The average Bonchev–Trinajstić information content (AvgIpc) is 2.98. The van der Waals surface area contributed by atoms with Crippen molar-refractivity contribution in [1.82, 2.24) is 19.9 Å². The molecule has 0 aliphatic heterocycles. The third-order valence-corrected chi connectivity index (χ3v) is 6.39. The normalized spacial score (nSPS) is 10.9. The number of ether oxygens (including phenoxy) is 1. The van der Waals surface area contributed by atoms with E-state index in [0.717, 1.165) is 44.5 Å². The Bertz CT molecular complexity index is 1450. The van der Waals surface area contributed by atoms with Crippen molar-refractivity contribution < 1.29 is 13.9 Å². The van der Waals surface area contributed by atoms with E-state index in [1.54, 1.807) is 24.4 Å². The molecule has 0 saturated carbocycles. The Balaban J connectivity index is 1.35. The van der Waals surface area contributed by atoms with Crippen molar-refractivity contribution in [3.63, 3.8) is 0 Å². The largest absolute Gasteiger partial charge is 0.461 e. The van der Waals surface area contributed by atoms with E-state index in [4.69, 9.17) is 10.5 Å². The third kappa shape index (κ3) is 8.95. The Labute approximate surface area is 237 Å². The summed E-state index contributed by atoms with van der Waals surface area (Å²) in [5, 5.41) is 5.02. The molecule has 2 heterocycles.